The Bertz CT molecular complexity index is 971. The number of ether oxygens (including phenoxy) is 1. The third kappa shape index (κ3) is 10.5. The molecule has 204 valence electrons. The fraction of sp³-hybridized carbons (Fsp3) is 0.533. The number of benzene rings is 2. The summed E-state index contributed by atoms with van der Waals surface area (Å²) < 4.78 is 5.88. The second-order valence-corrected chi connectivity index (χ2v) is 11.3. The van der Waals surface area contributed by atoms with E-state index in [9.17, 15) is 14.7 Å². The number of nitrogens with one attached hydrogen (secondary N) is 2. The molecule has 2 aromatic carbocycles. The third-order valence-electron chi connectivity index (χ3n) is 6.19. The zero-order valence-corrected chi connectivity index (χ0v) is 23.5. The first-order valence-corrected chi connectivity index (χ1v) is 13.1. The van der Waals surface area contributed by atoms with Crippen LogP contribution in [0.4, 0.5) is 0 Å². The zero-order chi connectivity index (χ0) is 27.6. The van der Waals surface area contributed by atoms with Gasteiger partial charge in [-0.05, 0) is 70.3 Å². The molecular weight excluding hydrogens is 466 g/mol. The topological polar surface area (TPSA) is 90.9 Å². The van der Waals surface area contributed by atoms with Crippen molar-refractivity contribution < 1.29 is 19.4 Å². The van der Waals surface area contributed by atoms with E-state index in [2.05, 4.69) is 24.5 Å². The van der Waals surface area contributed by atoms with E-state index in [1.807, 2.05) is 94.2 Å². The number of hydrogen-bond donors (Lipinski definition) is 3. The van der Waals surface area contributed by atoms with Crippen LogP contribution in [-0.2, 0) is 22.6 Å². The van der Waals surface area contributed by atoms with Gasteiger partial charge in [0, 0.05) is 18.0 Å². The lowest BCUT2D eigenvalue weighted by molar-refractivity contribution is -0.133. The molecule has 0 aliphatic carbocycles. The minimum Gasteiger partial charge on any atom is -0.489 e. The average molecular weight is 512 g/mol. The molecule has 0 heterocycles. The van der Waals surface area contributed by atoms with Crippen LogP contribution in [0.3, 0.4) is 0 Å². The van der Waals surface area contributed by atoms with Gasteiger partial charge in [-0.15, -0.1) is 0 Å². The van der Waals surface area contributed by atoms with Crippen molar-refractivity contribution in [1.29, 1.82) is 0 Å². The summed E-state index contributed by atoms with van der Waals surface area (Å²) >= 11 is 0. The van der Waals surface area contributed by atoms with Crippen molar-refractivity contribution in [3.63, 3.8) is 0 Å². The minimum atomic E-state index is -0.740. The Kier molecular flexibility index (Phi) is 11.6. The van der Waals surface area contributed by atoms with E-state index < -0.39 is 17.6 Å². The molecule has 0 spiro atoms. The lowest BCUT2D eigenvalue weighted by Crippen LogP contribution is -2.57. The number of nitrogens with zero attached hydrogens (tertiary/aromatic N) is 1. The highest BCUT2D eigenvalue weighted by atomic mass is 16.5. The van der Waals surface area contributed by atoms with Gasteiger partial charge in [-0.3, -0.25) is 14.5 Å². The van der Waals surface area contributed by atoms with Crippen LogP contribution in [0, 0.1) is 5.92 Å². The fourth-order valence-corrected chi connectivity index (χ4v) is 3.97. The van der Waals surface area contributed by atoms with Crippen molar-refractivity contribution in [2.75, 3.05) is 13.7 Å². The van der Waals surface area contributed by atoms with Crippen LogP contribution >= 0.6 is 0 Å². The Hall–Kier alpha value is -2.90. The summed E-state index contributed by atoms with van der Waals surface area (Å²) in [7, 11) is 1.84. The second kappa shape index (κ2) is 14.1. The third-order valence-corrected chi connectivity index (χ3v) is 6.19. The Labute approximate surface area is 222 Å². The van der Waals surface area contributed by atoms with Gasteiger partial charge in [0.15, 0.2) is 0 Å². The molecule has 0 saturated carbocycles. The molecule has 2 rings (SSSR count). The molecule has 0 radical (unpaired) electrons. The fourth-order valence-electron chi connectivity index (χ4n) is 3.97. The van der Waals surface area contributed by atoms with Gasteiger partial charge in [-0.1, -0.05) is 56.3 Å². The number of hydrogen-bond acceptors (Lipinski definition) is 5. The molecule has 2 amide bonds. The number of aliphatic hydroxyl groups is 1. The van der Waals surface area contributed by atoms with Crippen LogP contribution in [0.25, 0.3) is 0 Å². The molecule has 7 nitrogen and oxygen atoms in total. The maximum atomic E-state index is 13.5. The van der Waals surface area contributed by atoms with E-state index in [0.29, 0.717) is 19.4 Å². The average Bonchev–Trinajstić information content (AvgIpc) is 2.84. The molecular formula is C30H45N3O4. The van der Waals surface area contributed by atoms with E-state index >= 15 is 0 Å². The largest absolute Gasteiger partial charge is 0.489 e. The second-order valence-electron chi connectivity index (χ2n) is 11.3. The van der Waals surface area contributed by atoms with Crippen LogP contribution in [0.15, 0.2) is 54.6 Å². The van der Waals surface area contributed by atoms with Gasteiger partial charge < -0.3 is 20.5 Å². The van der Waals surface area contributed by atoms with Crippen LogP contribution in [0.2, 0.25) is 0 Å². The van der Waals surface area contributed by atoms with Gasteiger partial charge in [-0.25, -0.2) is 0 Å². The molecule has 3 atom stereocenters. The molecule has 2 aromatic rings. The summed E-state index contributed by atoms with van der Waals surface area (Å²) in [5.74, 6) is 0.568. The molecule has 0 saturated heterocycles. The van der Waals surface area contributed by atoms with E-state index in [-0.39, 0.29) is 30.4 Å². The van der Waals surface area contributed by atoms with Crippen molar-refractivity contribution in [1.82, 2.24) is 15.5 Å². The van der Waals surface area contributed by atoms with Gasteiger partial charge in [0.05, 0.1) is 12.6 Å². The van der Waals surface area contributed by atoms with E-state index in [0.717, 1.165) is 16.9 Å². The number of amides is 2. The number of carbonyl (C=O) groups is 2. The normalized spacial score (nSPS) is 14.2. The Morgan fingerprint density at radius 1 is 0.946 bits per heavy atom. The number of rotatable bonds is 13. The molecule has 0 aromatic heterocycles. The van der Waals surface area contributed by atoms with Crippen molar-refractivity contribution in [2.45, 2.75) is 84.7 Å². The highest BCUT2D eigenvalue weighted by Crippen LogP contribution is 2.17. The van der Waals surface area contributed by atoms with Gasteiger partial charge >= 0.3 is 0 Å². The summed E-state index contributed by atoms with van der Waals surface area (Å²) in [5.41, 5.74) is 1.57. The van der Waals surface area contributed by atoms with Gasteiger partial charge in [0.1, 0.15) is 18.4 Å². The zero-order valence-electron chi connectivity index (χ0n) is 23.5. The van der Waals surface area contributed by atoms with Crippen LogP contribution in [0.1, 0.15) is 59.1 Å². The predicted octanol–water partition coefficient (Wildman–Crippen LogP) is 3.93. The minimum absolute atomic E-state index is 0.0506. The highest BCUT2D eigenvalue weighted by molar-refractivity contribution is 5.90. The van der Waals surface area contributed by atoms with Gasteiger partial charge in [0.2, 0.25) is 11.8 Å². The van der Waals surface area contributed by atoms with Crippen molar-refractivity contribution in [3.8, 4) is 5.75 Å². The summed E-state index contributed by atoms with van der Waals surface area (Å²) in [6, 6.07) is 16.2. The lowest BCUT2D eigenvalue weighted by Gasteiger charge is -2.34. The maximum Gasteiger partial charge on any atom is 0.243 e. The molecule has 0 aliphatic heterocycles. The van der Waals surface area contributed by atoms with E-state index in [1.165, 1.54) is 0 Å². The first kappa shape index (κ1) is 30.3. The lowest BCUT2D eigenvalue weighted by atomic mass is 9.98. The first-order valence-electron chi connectivity index (χ1n) is 13.1. The summed E-state index contributed by atoms with van der Waals surface area (Å²) in [6.07, 6.45) is 0.966. The predicted molar refractivity (Wildman–Crippen MR) is 148 cm³/mol. The quantitative estimate of drug-likeness (QED) is 0.379. The maximum absolute atomic E-state index is 13.5. The molecule has 1 unspecified atom stereocenters. The summed E-state index contributed by atoms with van der Waals surface area (Å²) in [4.78, 5) is 28.6. The Morgan fingerprint density at radius 3 is 2.11 bits per heavy atom. The molecule has 3 N–H and O–H groups in total. The Balaban J connectivity index is 2.17. The van der Waals surface area contributed by atoms with Gasteiger partial charge in [-0.2, -0.15) is 0 Å². The van der Waals surface area contributed by atoms with Crippen LogP contribution < -0.4 is 15.4 Å². The van der Waals surface area contributed by atoms with Crippen molar-refractivity contribution in [2.24, 2.45) is 5.92 Å². The van der Waals surface area contributed by atoms with Crippen molar-refractivity contribution in [3.05, 3.63) is 65.7 Å². The summed E-state index contributed by atoms with van der Waals surface area (Å²) in [6.45, 7) is 12.2. The number of likely N-dealkylation sites (N-methyl/N-ethyl adjacent to an activating group) is 1. The van der Waals surface area contributed by atoms with Crippen LogP contribution in [-0.4, -0.2) is 59.1 Å². The monoisotopic (exact) mass is 511 g/mol. The SMILES string of the molecule is CC(C)C[C@H](C(=O)NC(Cc1ccc(OCc2ccccc2)cc1)C(=O)NC(C)(C)C)N(C)[C@@H](C)CO. The Morgan fingerprint density at radius 2 is 1.57 bits per heavy atom. The highest BCUT2D eigenvalue weighted by Gasteiger charge is 2.31. The first-order chi connectivity index (χ1) is 17.4. The van der Waals surface area contributed by atoms with Crippen molar-refractivity contribution >= 4 is 11.8 Å². The van der Waals surface area contributed by atoms with E-state index in [1.54, 1.807) is 0 Å². The molecule has 0 aliphatic rings. The van der Waals surface area contributed by atoms with E-state index in [4.69, 9.17) is 4.74 Å². The number of aliphatic hydroxyl groups excluding tert-OH is 1. The smallest absolute Gasteiger partial charge is 0.243 e. The number of carbonyl (C=O) groups excluding carboxylic acids is 2. The standard InChI is InChI=1S/C30H45N3O4/c1-21(2)17-27(33(7)22(3)19-34)29(36)31-26(28(35)32-30(4,5)6)18-23-13-15-25(16-14-23)37-20-24-11-9-8-10-12-24/h8-16,21-22,26-27,34H,17-20H2,1-7H3,(H,31,36)(H,32,35)/t22-,26?,27+/m0/s1. The summed E-state index contributed by atoms with van der Waals surface area (Å²) in [5, 5.41) is 15.7. The van der Waals surface area contributed by atoms with Gasteiger partial charge in [0.25, 0.3) is 0 Å². The van der Waals surface area contributed by atoms with Crippen LogP contribution in [0.5, 0.6) is 5.75 Å². The molecule has 7 heteroatoms. The molecule has 37 heavy (non-hydrogen) atoms. The molecule has 0 fully saturated rings. The molecule has 0 bridgehead atoms.